The summed E-state index contributed by atoms with van der Waals surface area (Å²) in [4.78, 5) is 28.9. The smallest absolute Gasteiger partial charge is 0.325 e. The highest BCUT2D eigenvalue weighted by Gasteiger charge is 2.23. The van der Waals surface area contributed by atoms with Gasteiger partial charge in [-0.1, -0.05) is 0 Å². The Kier molecular flexibility index (Phi) is 5.08. The molecule has 0 spiro atoms. The van der Waals surface area contributed by atoms with Gasteiger partial charge in [0.25, 0.3) is 5.91 Å². The minimum absolute atomic E-state index is 0.0816. The van der Waals surface area contributed by atoms with Gasteiger partial charge < -0.3 is 15.4 Å². The third-order valence-corrected chi connectivity index (χ3v) is 2.90. The summed E-state index contributed by atoms with van der Waals surface area (Å²) in [5.74, 6) is -0.742. The molecule has 0 unspecified atom stereocenters. The van der Waals surface area contributed by atoms with Crippen molar-refractivity contribution in [2.24, 2.45) is 0 Å². The highest BCUT2D eigenvalue weighted by molar-refractivity contribution is 7.13. The molecule has 1 aromatic heterocycles. The number of nitrogen functional groups attached to an aromatic ring is 1. The second-order valence-corrected chi connectivity index (χ2v) is 4.79. The first-order valence-electron chi connectivity index (χ1n) is 5.63. The quantitative estimate of drug-likeness (QED) is 0.812. The Hall–Kier alpha value is -1.63. The first-order valence-corrected chi connectivity index (χ1v) is 6.51. The molecular formula is C11H17N3O3S. The summed E-state index contributed by atoms with van der Waals surface area (Å²) < 4.78 is 4.84. The fourth-order valence-electron chi connectivity index (χ4n) is 1.37. The van der Waals surface area contributed by atoms with Gasteiger partial charge in [-0.25, -0.2) is 4.98 Å². The summed E-state index contributed by atoms with van der Waals surface area (Å²) in [5, 5.41) is 1.91. The summed E-state index contributed by atoms with van der Waals surface area (Å²) in [6, 6.07) is -0.121. The number of hydrogen-bond acceptors (Lipinski definition) is 6. The van der Waals surface area contributed by atoms with Crippen molar-refractivity contribution < 1.29 is 14.3 Å². The van der Waals surface area contributed by atoms with Gasteiger partial charge in [0, 0.05) is 11.4 Å². The molecule has 0 aliphatic carbocycles. The molecule has 0 atom stereocenters. The number of nitrogens with zero attached hydrogens (tertiary/aromatic N) is 2. The van der Waals surface area contributed by atoms with Crippen LogP contribution in [-0.2, 0) is 9.53 Å². The van der Waals surface area contributed by atoms with Crippen molar-refractivity contribution in [2.75, 3.05) is 18.9 Å². The van der Waals surface area contributed by atoms with Crippen LogP contribution in [0.25, 0.3) is 0 Å². The van der Waals surface area contributed by atoms with Crippen molar-refractivity contribution in [3.05, 3.63) is 11.1 Å². The van der Waals surface area contributed by atoms with Crippen LogP contribution >= 0.6 is 11.3 Å². The van der Waals surface area contributed by atoms with E-state index in [1.807, 2.05) is 13.8 Å². The van der Waals surface area contributed by atoms with Gasteiger partial charge in [-0.15, -0.1) is 11.3 Å². The number of hydrogen-bond donors (Lipinski definition) is 1. The largest absolute Gasteiger partial charge is 0.465 e. The molecule has 0 aliphatic heterocycles. The third-order valence-electron chi connectivity index (χ3n) is 2.23. The Balaban J connectivity index is 2.79. The fourth-order valence-corrected chi connectivity index (χ4v) is 1.90. The average Bonchev–Trinajstić information content (AvgIpc) is 2.72. The number of thiazole rings is 1. The van der Waals surface area contributed by atoms with Gasteiger partial charge in [0.05, 0.1) is 6.61 Å². The van der Waals surface area contributed by atoms with Crippen LogP contribution in [0.2, 0.25) is 0 Å². The number of rotatable bonds is 5. The van der Waals surface area contributed by atoms with Gasteiger partial charge in [-0.05, 0) is 20.8 Å². The van der Waals surface area contributed by atoms with E-state index in [4.69, 9.17) is 10.5 Å². The van der Waals surface area contributed by atoms with Gasteiger partial charge in [-0.3, -0.25) is 9.59 Å². The predicted octanol–water partition coefficient (Wildman–Crippen LogP) is 1.14. The van der Waals surface area contributed by atoms with E-state index in [2.05, 4.69) is 4.98 Å². The predicted molar refractivity (Wildman–Crippen MR) is 69.3 cm³/mol. The molecule has 18 heavy (non-hydrogen) atoms. The van der Waals surface area contributed by atoms with Gasteiger partial charge in [0.15, 0.2) is 5.13 Å². The van der Waals surface area contributed by atoms with Gasteiger partial charge in [0.1, 0.15) is 12.2 Å². The van der Waals surface area contributed by atoms with E-state index >= 15 is 0 Å². The molecule has 2 N–H and O–H groups in total. The monoisotopic (exact) mass is 271 g/mol. The molecule has 1 heterocycles. The molecule has 0 saturated heterocycles. The summed E-state index contributed by atoms with van der Waals surface area (Å²) >= 11 is 1.19. The molecule has 0 fully saturated rings. The maximum atomic E-state index is 12.1. The summed E-state index contributed by atoms with van der Waals surface area (Å²) in [6.07, 6.45) is 0. The Labute approximate surface area is 110 Å². The number of nitrogens with two attached hydrogens (primary N) is 1. The molecule has 1 aromatic rings. The number of aromatic nitrogens is 1. The topological polar surface area (TPSA) is 85.5 Å². The lowest BCUT2D eigenvalue weighted by Gasteiger charge is -2.24. The minimum Gasteiger partial charge on any atom is -0.465 e. The van der Waals surface area contributed by atoms with E-state index in [1.54, 1.807) is 12.3 Å². The molecule has 7 heteroatoms. The van der Waals surface area contributed by atoms with Crippen LogP contribution in [0.1, 0.15) is 31.3 Å². The lowest BCUT2D eigenvalue weighted by Crippen LogP contribution is -2.41. The molecule has 1 amide bonds. The summed E-state index contributed by atoms with van der Waals surface area (Å²) in [6.45, 7) is 5.59. The van der Waals surface area contributed by atoms with Crippen molar-refractivity contribution in [1.29, 1.82) is 0 Å². The Morgan fingerprint density at radius 3 is 2.67 bits per heavy atom. The molecule has 0 aromatic carbocycles. The molecule has 100 valence electrons. The second kappa shape index (κ2) is 6.34. The number of esters is 1. The molecule has 6 nitrogen and oxygen atoms in total. The van der Waals surface area contributed by atoms with E-state index < -0.39 is 5.97 Å². The average molecular weight is 271 g/mol. The molecule has 0 radical (unpaired) electrons. The lowest BCUT2D eigenvalue weighted by molar-refractivity contribution is -0.144. The molecular weight excluding hydrogens is 254 g/mol. The number of amides is 1. The molecule has 0 bridgehead atoms. The van der Waals surface area contributed by atoms with E-state index in [0.29, 0.717) is 11.7 Å². The molecule has 0 aliphatic rings. The Morgan fingerprint density at radius 2 is 2.22 bits per heavy atom. The van der Waals surface area contributed by atoms with Gasteiger partial charge in [-0.2, -0.15) is 0 Å². The van der Waals surface area contributed by atoms with E-state index in [9.17, 15) is 9.59 Å². The van der Waals surface area contributed by atoms with E-state index in [-0.39, 0.29) is 24.2 Å². The third kappa shape index (κ3) is 3.69. The zero-order chi connectivity index (χ0) is 13.7. The number of carbonyl (C=O) groups is 2. The number of anilines is 1. The number of carbonyl (C=O) groups excluding carboxylic acids is 2. The minimum atomic E-state index is -0.428. The van der Waals surface area contributed by atoms with Gasteiger partial charge in [0.2, 0.25) is 0 Å². The fraction of sp³-hybridized carbons (Fsp3) is 0.545. The Morgan fingerprint density at radius 1 is 1.56 bits per heavy atom. The summed E-state index contributed by atoms with van der Waals surface area (Å²) in [7, 11) is 0. The van der Waals surface area contributed by atoms with Crippen LogP contribution in [-0.4, -0.2) is 41.0 Å². The molecule has 1 rings (SSSR count). The SMILES string of the molecule is CCOC(=O)CN(C(=O)c1csc(N)n1)C(C)C. The van der Waals surface area contributed by atoms with E-state index in [0.717, 1.165) is 0 Å². The van der Waals surface area contributed by atoms with Crippen LogP contribution in [0.15, 0.2) is 5.38 Å². The maximum absolute atomic E-state index is 12.1. The maximum Gasteiger partial charge on any atom is 0.325 e. The first-order chi connectivity index (χ1) is 8.45. The van der Waals surface area contributed by atoms with Crippen molar-refractivity contribution in [2.45, 2.75) is 26.8 Å². The zero-order valence-corrected chi connectivity index (χ0v) is 11.5. The van der Waals surface area contributed by atoms with Crippen molar-refractivity contribution in [3.8, 4) is 0 Å². The van der Waals surface area contributed by atoms with Crippen LogP contribution in [0.5, 0.6) is 0 Å². The van der Waals surface area contributed by atoms with E-state index in [1.165, 1.54) is 16.2 Å². The van der Waals surface area contributed by atoms with Crippen molar-refractivity contribution in [1.82, 2.24) is 9.88 Å². The lowest BCUT2D eigenvalue weighted by atomic mass is 10.3. The highest BCUT2D eigenvalue weighted by Crippen LogP contribution is 2.14. The number of ether oxygens (including phenoxy) is 1. The highest BCUT2D eigenvalue weighted by atomic mass is 32.1. The standard InChI is InChI=1S/C11H17N3O3S/c1-4-17-9(15)5-14(7(2)3)10(16)8-6-18-11(12)13-8/h6-7H,4-5H2,1-3H3,(H2,12,13). The summed E-state index contributed by atoms with van der Waals surface area (Å²) in [5.41, 5.74) is 5.75. The van der Waals surface area contributed by atoms with Crippen LogP contribution in [0.4, 0.5) is 5.13 Å². The Bertz CT molecular complexity index is 431. The molecule has 0 saturated carbocycles. The van der Waals surface area contributed by atoms with Crippen LogP contribution in [0, 0.1) is 0 Å². The van der Waals surface area contributed by atoms with Crippen LogP contribution in [0.3, 0.4) is 0 Å². The van der Waals surface area contributed by atoms with Crippen LogP contribution < -0.4 is 5.73 Å². The normalized spacial score (nSPS) is 10.4. The second-order valence-electron chi connectivity index (χ2n) is 3.90. The van der Waals surface area contributed by atoms with Crippen molar-refractivity contribution >= 4 is 28.3 Å². The van der Waals surface area contributed by atoms with Gasteiger partial charge >= 0.3 is 5.97 Å². The zero-order valence-electron chi connectivity index (χ0n) is 10.7. The first kappa shape index (κ1) is 14.4. The van der Waals surface area contributed by atoms with Crippen molar-refractivity contribution in [3.63, 3.8) is 0 Å².